The van der Waals surface area contributed by atoms with Crippen LogP contribution in [0.3, 0.4) is 0 Å². The number of carbonyl (C=O) groups excluding carboxylic acids is 2. The predicted octanol–water partition coefficient (Wildman–Crippen LogP) is 1.35. The van der Waals surface area contributed by atoms with Gasteiger partial charge in [-0.3, -0.25) is 20.4 Å². The van der Waals surface area contributed by atoms with Crippen LogP contribution in [0.1, 0.15) is 30.5 Å². The Morgan fingerprint density at radius 3 is 2.41 bits per heavy atom. The van der Waals surface area contributed by atoms with Gasteiger partial charge in [0, 0.05) is 6.04 Å². The third-order valence-corrected chi connectivity index (χ3v) is 4.44. The zero-order valence-corrected chi connectivity index (χ0v) is 15.1. The van der Waals surface area contributed by atoms with E-state index in [1.165, 1.54) is 0 Å². The first-order valence-corrected chi connectivity index (χ1v) is 8.94. The summed E-state index contributed by atoms with van der Waals surface area (Å²) in [6.07, 6.45) is -0.0940. The van der Waals surface area contributed by atoms with Crippen molar-refractivity contribution in [2.75, 3.05) is 0 Å². The van der Waals surface area contributed by atoms with Crippen molar-refractivity contribution in [2.45, 2.75) is 38.1 Å². The molecule has 0 saturated carbocycles. The molecule has 7 heteroatoms. The Morgan fingerprint density at radius 2 is 1.70 bits per heavy atom. The summed E-state index contributed by atoms with van der Waals surface area (Å²) in [4.78, 5) is 24.3. The van der Waals surface area contributed by atoms with Gasteiger partial charge >= 0.3 is 0 Å². The van der Waals surface area contributed by atoms with Gasteiger partial charge in [0.25, 0.3) is 11.8 Å². The third-order valence-electron chi connectivity index (χ3n) is 4.44. The molecule has 4 N–H and O–H groups in total. The number of hydrogen-bond donors (Lipinski definition) is 4. The number of hydrogen-bond acceptors (Lipinski definition) is 5. The highest BCUT2D eigenvalue weighted by Gasteiger charge is 2.30. The number of amides is 2. The Hall–Kier alpha value is -2.74. The maximum Gasteiger partial charge on any atom is 0.267 e. The predicted molar refractivity (Wildman–Crippen MR) is 101 cm³/mol. The molecule has 3 unspecified atom stereocenters. The van der Waals surface area contributed by atoms with E-state index in [2.05, 4.69) is 21.7 Å². The van der Waals surface area contributed by atoms with E-state index >= 15 is 0 Å². The van der Waals surface area contributed by atoms with Crippen LogP contribution in [-0.2, 0) is 20.9 Å². The maximum atomic E-state index is 12.3. The van der Waals surface area contributed by atoms with Gasteiger partial charge in [-0.1, -0.05) is 60.7 Å². The SMILES string of the molecule is CC(OCc1ccccc1)C(=O)NNC(=O)C1CC(c2ccccc2)NN1. The molecule has 0 radical (unpaired) electrons. The van der Waals surface area contributed by atoms with Crippen molar-refractivity contribution in [3.63, 3.8) is 0 Å². The molecule has 1 saturated heterocycles. The van der Waals surface area contributed by atoms with Crippen LogP contribution in [0.25, 0.3) is 0 Å². The second-order valence-electron chi connectivity index (χ2n) is 6.46. The molecule has 0 spiro atoms. The summed E-state index contributed by atoms with van der Waals surface area (Å²) in [6, 6.07) is 19.1. The lowest BCUT2D eigenvalue weighted by Gasteiger charge is -2.15. The number of carbonyl (C=O) groups is 2. The number of benzene rings is 2. The van der Waals surface area contributed by atoms with Gasteiger partial charge in [0.2, 0.25) is 0 Å². The van der Waals surface area contributed by atoms with E-state index < -0.39 is 18.1 Å². The van der Waals surface area contributed by atoms with Crippen LogP contribution in [-0.4, -0.2) is 24.0 Å². The number of rotatable bonds is 6. The summed E-state index contributed by atoms with van der Waals surface area (Å²) in [5.41, 5.74) is 13.0. The minimum atomic E-state index is -0.683. The zero-order valence-electron chi connectivity index (χ0n) is 15.1. The van der Waals surface area contributed by atoms with Crippen molar-refractivity contribution >= 4 is 11.8 Å². The quantitative estimate of drug-likeness (QED) is 0.578. The van der Waals surface area contributed by atoms with Crippen LogP contribution in [0.5, 0.6) is 0 Å². The molecule has 0 aliphatic carbocycles. The molecule has 3 rings (SSSR count). The van der Waals surface area contributed by atoms with E-state index in [1.807, 2.05) is 60.7 Å². The van der Waals surface area contributed by atoms with Crippen LogP contribution in [0, 0.1) is 0 Å². The smallest absolute Gasteiger partial charge is 0.267 e. The molecule has 1 heterocycles. The molecule has 1 aliphatic rings. The lowest BCUT2D eigenvalue weighted by molar-refractivity contribution is -0.137. The van der Waals surface area contributed by atoms with Gasteiger partial charge < -0.3 is 4.74 Å². The Balaban J connectivity index is 1.40. The standard InChI is InChI=1S/C20H24N4O3/c1-14(27-13-15-8-4-2-5-9-15)19(25)23-24-20(26)18-12-17(21-22-18)16-10-6-3-7-11-16/h2-11,14,17-18,21-22H,12-13H2,1H3,(H,23,25)(H,24,26). The monoisotopic (exact) mass is 368 g/mol. The number of nitrogens with one attached hydrogen (secondary N) is 4. The second kappa shape index (κ2) is 9.27. The van der Waals surface area contributed by atoms with E-state index in [4.69, 9.17) is 4.74 Å². The van der Waals surface area contributed by atoms with Crippen molar-refractivity contribution in [3.05, 3.63) is 71.8 Å². The summed E-state index contributed by atoms with van der Waals surface area (Å²) in [5.74, 6) is -0.700. The lowest BCUT2D eigenvalue weighted by atomic mass is 10.0. The Kier molecular flexibility index (Phi) is 6.54. The van der Waals surface area contributed by atoms with Crippen molar-refractivity contribution < 1.29 is 14.3 Å². The molecule has 0 bridgehead atoms. The Morgan fingerprint density at radius 1 is 1.04 bits per heavy atom. The van der Waals surface area contributed by atoms with E-state index in [0.29, 0.717) is 13.0 Å². The minimum Gasteiger partial charge on any atom is -0.364 e. The van der Waals surface area contributed by atoms with Gasteiger partial charge in [-0.15, -0.1) is 0 Å². The van der Waals surface area contributed by atoms with Gasteiger partial charge in [-0.2, -0.15) is 0 Å². The summed E-state index contributed by atoms with van der Waals surface area (Å²) < 4.78 is 5.53. The van der Waals surface area contributed by atoms with Crippen molar-refractivity contribution in [2.24, 2.45) is 0 Å². The fourth-order valence-electron chi connectivity index (χ4n) is 2.82. The Labute approximate surface area is 158 Å². The van der Waals surface area contributed by atoms with Crippen molar-refractivity contribution in [1.29, 1.82) is 0 Å². The summed E-state index contributed by atoms with van der Waals surface area (Å²) in [7, 11) is 0. The molecular weight excluding hydrogens is 344 g/mol. The average Bonchev–Trinajstić information content (AvgIpc) is 3.22. The van der Waals surface area contributed by atoms with Crippen LogP contribution in [0.2, 0.25) is 0 Å². The molecule has 3 atom stereocenters. The topological polar surface area (TPSA) is 91.5 Å². The van der Waals surface area contributed by atoms with Crippen molar-refractivity contribution in [3.8, 4) is 0 Å². The van der Waals surface area contributed by atoms with Crippen LogP contribution >= 0.6 is 0 Å². The fraction of sp³-hybridized carbons (Fsp3) is 0.300. The average molecular weight is 368 g/mol. The highest BCUT2D eigenvalue weighted by Crippen LogP contribution is 2.21. The molecule has 142 valence electrons. The normalized spacial score (nSPS) is 20.0. The van der Waals surface area contributed by atoms with Gasteiger partial charge in [-0.05, 0) is 24.5 Å². The molecule has 1 aliphatic heterocycles. The fourth-order valence-corrected chi connectivity index (χ4v) is 2.82. The van der Waals surface area contributed by atoms with E-state index in [1.54, 1.807) is 6.92 Å². The van der Waals surface area contributed by atoms with E-state index in [0.717, 1.165) is 11.1 Å². The molecule has 7 nitrogen and oxygen atoms in total. The van der Waals surface area contributed by atoms with Crippen LogP contribution < -0.4 is 21.7 Å². The van der Waals surface area contributed by atoms with Crippen LogP contribution in [0.15, 0.2) is 60.7 Å². The molecule has 2 amide bonds. The first-order valence-electron chi connectivity index (χ1n) is 8.94. The van der Waals surface area contributed by atoms with Gasteiger partial charge in [0.1, 0.15) is 12.1 Å². The highest BCUT2D eigenvalue weighted by atomic mass is 16.5. The molecule has 2 aromatic rings. The summed E-state index contributed by atoms with van der Waals surface area (Å²) >= 11 is 0. The minimum absolute atomic E-state index is 0.0470. The molecule has 2 aromatic carbocycles. The maximum absolute atomic E-state index is 12.3. The second-order valence-corrected chi connectivity index (χ2v) is 6.46. The van der Waals surface area contributed by atoms with Crippen LogP contribution in [0.4, 0.5) is 0 Å². The first kappa shape index (κ1) is 19.0. The van der Waals surface area contributed by atoms with E-state index in [9.17, 15) is 9.59 Å². The van der Waals surface area contributed by atoms with E-state index in [-0.39, 0.29) is 11.9 Å². The van der Waals surface area contributed by atoms with Gasteiger partial charge in [0.05, 0.1) is 6.61 Å². The lowest BCUT2D eigenvalue weighted by Crippen LogP contribution is -2.52. The zero-order chi connectivity index (χ0) is 19.1. The number of ether oxygens (including phenoxy) is 1. The molecule has 0 aromatic heterocycles. The van der Waals surface area contributed by atoms with Gasteiger partial charge in [-0.25, -0.2) is 10.9 Å². The molecule has 27 heavy (non-hydrogen) atoms. The summed E-state index contributed by atoms with van der Waals surface area (Å²) in [6.45, 7) is 1.97. The summed E-state index contributed by atoms with van der Waals surface area (Å²) in [5, 5.41) is 0. The molecular formula is C20H24N4O3. The Bertz CT molecular complexity index is 754. The largest absolute Gasteiger partial charge is 0.364 e. The van der Waals surface area contributed by atoms with Crippen molar-refractivity contribution in [1.82, 2.24) is 21.7 Å². The third kappa shape index (κ3) is 5.37. The van der Waals surface area contributed by atoms with Gasteiger partial charge in [0.15, 0.2) is 0 Å². The first-order chi connectivity index (χ1) is 13.1. The highest BCUT2D eigenvalue weighted by molar-refractivity contribution is 5.86. The molecule has 1 fully saturated rings. The number of hydrazine groups is 2.